The minimum absolute atomic E-state index is 0.0177. The van der Waals surface area contributed by atoms with E-state index in [4.69, 9.17) is 4.74 Å². The predicted octanol–water partition coefficient (Wildman–Crippen LogP) is 1.23. The van der Waals surface area contributed by atoms with Crippen LogP contribution in [0.5, 0.6) is 11.5 Å². The number of carbonyl (C=O) groups is 2. The second-order valence-corrected chi connectivity index (χ2v) is 7.35. The molecular weight excluding hydrogens is 352 g/mol. The number of phenolic OH excluding ortho intramolecular Hbond substituents is 1. The Morgan fingerprint density at radius 2 is 1.78 bits per heavy atom. The summed E-state index contributed by atoms with van der Waals surface area (Å²) in [6, 6.07) is 5.54. The van der Waals surface area contributed by atoms with Gasteiger partial charge in [-0.1, -0.05) is 12.1 Å². The molecule has 1 aliphatic heterocycles. The van der Waals surface area contributed by atoms with Gasteiger partial charge in [-0.3, -0.25) is 9.59 Å². The number of rotatable bonds is 2. The molecule has 0 aromatic heterocycles. The molecule has 0 saturated carbocycles. The summed E-state index contributed by atoms with van der Waals surface area (Å²) in [5.74, 6) is -1.32. The van der Waals surface area contributed by atoms with Gasteiger partial charge in [0.05, 0.1) is 17.8 Å². The van der Waals surface area contributed by atoms with Crippen molar-refractivity contribution in [2.75, 3.05) is 0 Å². The molecular formula is C20H18O7. The smallest absolute Gasteiger partial charge is 0.198 e. The van der Waals surface area contributed by atoms with Gasteiger partial charge in [0.2, 0.25) is 0 Å². The van der Waals surface area contributed by atoms with E-state index < -0.39 is 36.0 Å². The van der Waals surface area contributed by atoms with E-state index in [-0.39, 0.29) is 44.9 Å². The van der Waals surface area contributed by atoms with Crippen molar-refractivity contribution in [2.24, 2.45) is 0 Å². The van der Waals surface area contributed by atoms with Gasteiger partial charge in [0.1, 0.15) is 17.6 Å². The van der Waals surface area contributed by atoms with Crippen molar-refractivity contribution in [3.05, 3.63) is 57.6 Å². The number of hydrogen-bond donors (Lipinski definition) is 4. The Morgan fingerprint density at radius 3 is 2.41 bits per heavy atom. The number of benzene rings is 2. The fraction of sp³-hybridized carbons (Fsp3) is 0.300. The maximum absolute atomic E-state index is 13.1. The number of carbonyl (C=O) groups excluding carboxylic acids is 2. The topological polar surface area (TPSA) is 124 Å². The highest BCUT2D eigenvalue weighted by atomic mass is 16.5. The summed E-state index contributed by atoms with van der Waals surface area (Å²) in [6.45, 7) is 2.42. The molecule has 1 heterocycles. The molecule has 2 aromatic rings. The van der Waals surface area contributed by atoms with Crippen LogP contribution < -0.4 is 4.74 Å². The zero-order valence-electron chi connectivity index (χ0n) is 14.7. The molecule has 2 aromatic carbocycles. The fourth-order valence-electron chi connectivity index (χ4n) is 3.82. The lowest BCUT2D eigenvalue weighted by atomic mass is 9.78. The predicted molar refractivity (Wildman–Crippen MR) is 93.0 cm³/mol. The molecule has 0 saturated heterocycles. The van der Waals surface area contributed by atoms with Gasteiger partial charge < -0.3 is 25.2 Å². The van der Waals surface area contributed by atoms with Gasteiger partial charge in [0.25, 0.3) is 0 Å². The SMILES string of the molecule is CC(C)(O)C1Oc2c(CO)cc3c(c2C1O)C(=O)c1cccc(O)c1C3=O. The Bertz CT molecular complexity index is 1000. The molecule has 140 valence electrons. The standard InChI is InChI=1S/C20H18O7/c1-20(2,26)19-17(25)14-13-10(6-8(7-21)18(14)27-19)16(24)12-9(15(13)23)4-3-5-11(12)22/h3-6,17,19,21-22,25-26H,7H2,1-2H3. The van der Waals surface area contributed by atoms with Crippen molar-refractivity contribution in [3.63, 3.8) is 0 Å². The molecule has 2 atom stereocenters. The second-order valence-electron chi connectivity index (χ2n) is 7.35. The minimum Gasteiger partial charge on any atom is -0.507 e. The van der Waals surface area contributed by atoms with Crippen LogP contribution >= 0.6 is 0 Å². The third-order valence-electron chi connectivity index (χ3n) is 5.07. The molecule has 0 spiro atoms. The van der Waals surface area contributed by atoms with Crippen LogP contribution in [0.3, 0.4) is 0 Å². The Balaban J connectivity index is 2.02. The Labute approximate surface area is 154 Å². The molecule has 0 bridgehead atoms. The maximum atomic E-state index is 13.1. The van der Waals surface area contributed by atoms with E-state index in [1.165, 1.54) is 38.1 Å². The largest absolute Gasteiger partial charge is 0.507 e. The van der Waals surface area contributed by atoms with E-state index in [1.807, 2.05) is 0 Å². The van der Waals surface area contributed by atoms with Gasteiger partial charge in [-0.2, -0.15) is 0 Å². The Hall–Kier alpha value is -2.74. The number of aliphatic hydroxyl groups is 3. The summed E-state index contributed by atoms with van der Waals surface area (Å²) in [7, 11) is 0. The third kappa shape index (κ3) is 2.32. The van der Waals surface area contributed by atoms with Gasteiger partial charge in [-0.15, -0.1) is 0 Å². The van der Waals surface area contributed by atoms with E-state index in [0.717, 1.165) is 0 Å². The first-order valence-corrected chi connectivity index (χ1v) is 8.46. The van der Waals surface area contributed by atoms with Crippen molar-refractivity contribution in [3.8, 4) is 11.5 Å². The summed E-state index contributed by atoms with van der Waals surface area (Å²) in [6.07, 6.45) is -2.44. The first-order chi connectivity index (χ1) is 12.7. The van der Waals surface area contributed by atoms with E-state index >= 15 is 0 Å². The zero-order valence-corrected chi connectivity index (χ0v) is 14.7. The summed E-state index contributed by atoms with van der Waals surface area (Å²) in [4.78, 5) is 26.1. The summed E-state index contributed by atoms with van der Waals surface area (Å²) >= 11 is 0. The van der Waals surface area contributed by atoms with Crippen LogP contribution in [0.4, 0.5) is 0 Å². The highest BCUT2D eigenvalue weighted by molar-refractivity contribution is 6.30. The lowest BCUT2D eigenvalue weighted by Crippen LogP contribution is -2.41. The summed E-state index contributed by atoms with van der Waals surface area (Å²) in [5, 5.41) is 40.9. The van der Waals surface area contributed by atoms with Gasteiger partial charge in [0, 0.05) is 27.8 Å². The molecule has 4 rings (SSSR count). The Morgan fingerprint density at radius 1 is 1.11 bits per heavy atom. The van der Waals surface area contributed by atoms with Crippen LogP contribution in [-0.2, 0) is 6.61 Å². The number of aliphatic hydroxyl groups excluding tert-OH is 2. The average Bonchev–Trinajstić information content (AvgIpc) is 2.96. The van der Waals surface area contributed by atoms with Crippen LogP contribution in [0.25, 0.3) is 0 Å². The van der Waals surface area contributed by atoms with Crippen molar-refractivity contribution < 1.29 is 34.8 Å². The van der Waals surface area contributed by atoms with Crippen LogP contribution in [0, 0.1) is 0 Å². The van der Waals surface area contributed by atoms with Crippen molar-refractivity contribution in [1.29, 1.82) is 0 Å². The first-order valence-electron chi connectivity index (χ1n) is 8.46. The molecule has 0 amide bonds. The second kappa shape index (κ2) is 5.63. The fourth-order valence-corrected chi connectivity index (χ4v) is 3.82. The van der Waals surface area contributed by atoms with Gasteiger partial charge in [-0.25, -0.2) is 0 Å². The number of ether oxygens (including phenoxy) is 1. The van der Waals surface area contributed by atoms with Gasteiger partial charge in [-0.05, 0) is 26.0 Å². The average molecular weight is 370 g/mol. The monoisotopic (exact) mass is 370 g/mol. The minimum atomic E-state index is -1.43. The molecule has 1 aliphatic carbocycles. The highest BCUT2D eigenvalue weighted by Crippen LogP contribution is 2.48. The molecule has 7 heteroatoms. The third-order valence-corrected chi connectivity index (χ3v) is 5.07. The number of phenols is 1. The van der Waals surface area contributed by atoms with Crippen molar-refractivity contribution in [2.45, 2.75) is 38.3 Å². The van der Waals surface area contributed by atoms with E-state index in [1.54, 1.807) is 0 Å². The van der Waals surface area contributed by atoms with Crippen LogP contribution in [0.15, 0.2) is 24.3 Å². The molecule has 4 N–H and O–H groups in total. The van der Waals surface area contributed by atoms with Gasteiger partial charge >= 0.3 is 0 Å². The van der Waals surface area contributed by atoms with Crippen LogP contribution in [-0.4, -0.2) is 43.7 Å². The summed E-state index contributed by atoms with van der Waals surface area (Å²) < 4.78 is 5.69. The first kappa shape index (κ1) is 17.7. The number of ketones is 2. The molecule has 27 heavy (non-hydrogen) atoms. The number of hydrogen-bond acceptors (Lipinski definition) is 7. The maximum Gasteiger partial charge on any atom is 0.198 e. The number of aromatic hydroxyl groups is 1. The lowest BCUT2D eigenvalue weighted by Gasteiger charge is -2.27. The van der Waals surface area contributed by atoms with Gasteiger partial charge in [0.15, 0.2) is 17.7 Å². The summed E-state index contributed by atoms with van der Waals surface area (Å²) in [5.41, 5.74) is -1.25. The normalized spacial score (nSPS) is 20.8. The van der Waals surface area contributed by atoms with E-state index in [0.29, 0.717) is 0 Å². The molecule has 0 radical (unpaired) electrons. The molecule has 0 fully saturated rings. The molecule has 7 nitrogen and oxygen atoms in total. The van der Waals surface area contributed by atoms with Crippen molar-refractivity contribution in [1.82, 2.24) is 0 Å². The quantitative estimate of drug-likeness (QED) is 0.535. The van der Waals surface area contributed by atoms with E-state index in [2.05, 4.69) is 0 Å². The molecule has 2 aliphatic rings. The molecule has 2 unspecified atom stereocenters. The van der Waals surface area contributed by atoms with Crippen molar-refractivity contribution >= 4 is 11.6 Å². The van der Waals surface area contributed by atoms with E-state index in [9.17, 15) is 30.0 Å². The van der Waals surface area contributed by atoms with Crippen LogP contribution in [0.1, 0.15) is 62.9 Å². The lowest BCUT2D eigenvalue weighted by molar-refractivity contribution is -0.0766. The highest BCUT2D eigenvalue weighted by Gasteiger charge is 2.48. The Kier molecular flexibility index (Phi) is 3.68. The zero-order chi connectivity index (χ0) is 19.7. The number of fused-ring (bicyclic) bond motifs is 4. The van der Waals surface area contributed by atoms with Crippen LogP contribution in [0.2, 0.25) is 0 Å².